The smallest absolute Gasteiger partial charge is 0.176 e. The predicted octanol–water partition coefficient (Wildman–Crippen LogP) is 3.94. The number of ether oxygens (including phenoxy) is 1. The van der Waals surface area contributed by atoms with Gasteiger partial charge in [0.15, 0.2) is 5.82 Å². The third kappa shape index (κ3) is 2.54. The molecule has 0 bridgehead atoms. The van der Waals surface area contributed by atoms with Crippen LogP contribution >= 0.6 is 11.3 Å². The Morgan fingerprint density at radius 1 is 1.29 bits per heavy atom. The van der Waals surface area contributed by atoms with Crippen LogP contribution in [-0.2, 0) is 0 Å². The highest BCUT2D eigenvalue weighted by atomic mass is 32.1. The third-order valence-corrected chi connectivity index (χ3v) is 3.95. The Balaban J connectivity index is 2.24. The monoisotopic (exact) mass is 303 g/mol. The number of halogens is 1. The zero-order valence-electron chi connectivity index (χ0n) is 11.7. The lowest BCUT2D eigenvalue weighted by molar-refractivity contribution is 0.418. The van der Waals surface area contributed by atoms with E-state index in [1.807, 2.05) is 18.4 Å². The van der Waals surface area contributed by atoms with Gasteiger partial charge in [-0.3, -0.25) is 0 Å². The average molecular weight is 303 g/mol. The van der Waals surface area contributed by atoms with Crippen molar-refractivity contribution >= 4 is 28.1 Å². The number of nitrogens with zero attached hydrogens (tertiary/aromatic N) is 2. The van der Waals surface area contributed by atoms with Crippen molar-refractivity contribution in [3.63, 3.8) is 0 Å². The summed E-state index contributed by atoms with van der Waals surface area (Å²) in [5.74, 6) is 1.65. The molecule has 0 saturated carbocycles. The van der Waals surface area contributed by atoms with Crippen LogP contribution in [0.5, 0.6) is 5.75 Å². The van der Waals surface area contributed by atoms with E-state index in [4.69, 9.17) is 4.74 Å². The highest BCUT2D eigenvalue weighted by Crippen LogP contribution is 2.35. The summed E-state index contributed by atoms with van der Waals surface area (Å²) in [5, 5.41) is 5.92. The number of methoxy groups -OCH3 is 1. The maximum Gasteiger partial charge on any atom is 0.176 e. The molecule has 4 nitrogen and oxygen atoms in total. The van der Waals surface area contributed by atoms with Crippen LogP contribution in [0.15, 0.2) is 29.6 Å². The molecule has 3 aromatic rings. The molecular weight excluding hydrogens is 289 g/mol. The molecule has 0 fully saturated rings. The van der Waals surface area contributed by atoms with Crippen LogP contribution < -0.4 is 10.1 Å². The summed E-state index contributed by atoms with van der Waals surface area (Å²) in [6.45, 7) is 2.72. The van der Waals surface area contributed by atoms with Crippen molar-refractivity contribution in [1.29, 1.82) is 0 Å². The molecule has 6 heteroatoms. The topological polar surface area (TPSA) is 47.0 Å². The SMILES string of the molecule is CCNc1nc(-c2sccc2OC)nc2cc(F)ccc12. The molecule has 0 radical (unpaired) electrons. The first-order chi connectivity index (χ1) is 10.2. The summed E-state index contributed by atoms with van der Waals surface area (Å²) < 4.78 is 18.8. The highest BCUT2D eigenvalue weighted by molar-refractivity contribution is 7.13. The lowest BCUT2D eigenvalue weighted by atomic mass is 10.2. The Labute approximate surface area is 125 Å². The number of anilines is 1. The second-order valence-corrected chi connectivity index (χ2v) is 5.32. The highest BCUT2D eigenvalue weighted by Gasteiger charge is 2.14. The largest absolute Gasteiger partial charge is 0.495 e. The fourth-order valence-corrected chi connectivity index (χ4v) is 2.92. The molecule has 0 aliphatic heterocycles. The molecule has 3 rings (SSSR count). The molecule has 0 unspecified atom stereocenters. The van der Waals surface area contributed by atoms with Gasteiger partial charge in [-0.15, -0.1) is 11.3 Å². The Kier molecular flexibility index (Phi) is 3.70. The lowest BCUT2D eigenvalue weighted by Crippen LogP contribution is -2.03. The summed E-state index contributed by atoms with van der Waals surface area (Å²) in [4.78, 5) is 9.86. The van der Waals surface area contributed by atoms with Crippen molar-refractivity contribution in [3.8, 4) is 16.5 Å². The number of thiophene rings is 1. The van der Waals surface area contributed by atoms with Gasteiger partial charge in [-0.2, -0.15) is 0 Å². The van der Waals surface area contributed by atoms with E-state index in [9.17, 15) is 4.39 Å². The first-order valence-electron chi connectivity index (χ1n) is 6.56. The average Bonchev–Trinajstić information content (AvgIpc) is 2.95. The Morgan fingerprint density at radius 2 is 2.14 bits per heavy atom. The standard InChI is InChI=1S/C15H14FN3OS/c1-3-17-14-10-5-4-9(16)8-11(10)18-15(19-14)13-12(20-2)6-7-21-13/h4-8H,3H2,1-2H3,(H,17,18,19). The second-order valence-electron chi connectivity index (χ2n) is 4.41. The minimum absolute atomic E-state index is 0.312. The Hall–Kier alpha value is -2.21. The zero-order chi connectivity index (χ0) is 14.8. The minimum Gasteiger partial charge on any atom is -0.495 e. The van der Waals surface area contributed by atoms with Crippen LogP contribution in [0.4, 0.5) is 10.2 Å². The molecule has 0 aliphatic rings. The molecule has 1 N–H and O–H groups in total. The number of rotatable bonds is 4. The fourth-order valence-electron chi connectivity index (χ4n) is 2.13. The number of benzene rings is 1. The molecule has 108 valence electrons. The van der Waals surface area contributed by atoms with E-state index in [1.165, 1.54) is 23.5 Å². The van der Waals surface area contributed by atoms with E-state index in [0.29, 0.717) is 17.2 Å². The minimum atomic E-state index is -0.312. The number of hydrogen-bond acceptors (Lipinski definition) is 5. The molecule has 0 saturated heterocycles. The van der Waals surface area contributed by atoms with Crippen LogP contribution in [0.1, 0.15) is 6.92 Å². The van der Waals surface area contributed by atoms with Crippen LogP contribution in [0.2, 0.25) is 0 Å². The van der Waals surface area contributed by atoms with Gasteiger partial charge in [0.2, 0.25) is 0 Å². The van der Waals surface area contributed by atoms with Crippen molar-refractivity contribution in [2.24, 2.45) is 0 Å². The van der Waals surface area contributed by atoms with Gasteiger partial charge in [-0.25, -0.2) is 14.4 Å². The van der Waals surface area contributed by atoms with E-state index in [2.05, 4.69) is 15.3 Å². The maximum atomic E-state index is 13.5. The normalized spacial score (nSPS) is 10.8. The van der Waals surface area contributed by atoms with E-state index in [1.54, 1.807) is 13.2 Å². The van der Waals surface area contributed by atoms with E-state index >= 15 is 0 Å². The number of aromatic nitrogens is 2. The van der Waals surface area contributed by atoms with Gasteiger partial charge in [-0.05, 0) is 30.5 Å². The predicted molar refractivity (Wildman–Crippen MR) is 83.5 cm³/mol. The summed E-state index contributed by atoms with van der Waals surface area (Å²) >= 11 is 1.50. The van der Waals surface area contributed by atoms with Gasteiger partial charge < -0.3 is 10.1 Å². The van der Waals surface area contributed by atoms with Crippen LogP contribution in [0, 0.1) is 5.82 Å². The van der Waals surface area contributed by atoms with E-state index in [0.717, 1.165) is 22.6 Å². The molecule has 2 heterocycles. The van der Waals surface area contributed by atoms with E-state index < -0.39 is 0 Å². The molecule has 0 atom stereocenters. The number of fused-ring (bicyclic) bond motifs is 1. The molecular formula is C15H14FN3OS. The maximum absolute atomic E-state index is 13.5. The Morgan fingerprint density at radius 3 is 2.90 bits per heavy atom. The van der Waals surface area contributed by atoms with Crippen molar-refractivity contribution < 1.29 is 9.13 Å². The van der Waals surface area contributed by atoms with Gasteiger partial charge in [-0.1, -0.05) is 0 Å². The zero-order valence-corrected chi connectivity index (χ0v) is 12.5. The second kappa shape index (κ2) is 5.65. The van der Waals surface area contributed by atoms with Crippen molar-refractivity contribution in [2.75, 3.05) is 19.0 Å². The molecule has 0 aliphatic carbocycles. The quantitative estimate of drug-likeness (QED) is 0.793. The Bertz CT molecular complexity index is 788. The molecule has 0 spiro atoms. The van der Waals surface area contributed by atoms with Crippen LogP contribution in [0.25, 0.3) is 21.6 Å². The van der Waals surface area contributed by atoms with Crippen molar-refractivity contribution in [3.05, 3.63) is 35.5 Å². The molecule has 21 heavy (non-hydrogen) atoms. The van der Waals surface area contributed by atoms with Gasteiger partial charge in [0.25, 0.3) is 0 Å². The number of hydrogen-bond donors (Lipinski definition) is 1. The number of nitrogens with one attached hydrogen (secondary N) is 1. The summed E-state index contributed by atoms with van der Waals surface area (Å²) in [6.07, 6.45) is 0. The van der Waals surface area contributed by atoms with Gasteiger partial charge in [0.05, 0.1) is 12.6 Å². The van der Waals surface area contributed by atoms with Crippen molar-refractivity contribution in [1.82, 2.24) is 9.97 Å². The van der Waals surface area contributed by atoms with Gasteiger partial charge >= 0.3 is 0 Å². The van der Waals surface area contributed by atoms with E-state index in [-0.39, 0.29) is 5.82 Å². The summed E-state index contributed by atoms with van der Waals surface area (Å²) in [6, 6.07) is 6.39. The third-order valence-electron chi connectivity index (χ3n) is 3.06. The van der Waals surface area contributed by atoms with Crippen molar-refractivity contribution in [2.45, 2.75) is 6.92 Å². The van der Waals surface area contributed by atoms with Gasteiger partial charge in [0, 0.05) is 18.0 Å². The lowest BCUT2D eigenvalue weighted by Gasteiger charge is -2.09. The summed E-state index contributed by atoms with van der Waals surface area (Å²) in [5.41, 5.74) is 0.575. The molecule has 0 amide bonds. The first-order valence-corrected chi connectivity index (χ1v) is 7.44. The fraction of sp³-hybridized carbons (Fsp3) is 0.200. The summed E-state index contributed by atoms with van der Waals surface area (Å²) in [7, 11) is 1.61. The first kappa shape index (κ1) is 13.8. The van der Waals surface area contributed by atoms with Crippen LogP contribution in [0.3, 0.4) is 0 Å². The molecule has 1 aromatic carbocycles. The molecule has 2 aromatic heterocycles. The van der Waals surface area contributed by atoms with Gasteiger partial charge in [0.1, 0.15) is 22.3 Å². The van der Waals surface area contributed by atoms with Crippen LogP contribution in [-0.4, -0.2) is 23.6 Å².